The lowest BCUT2D eigenvalue weighted by atomic mass is 10.3. The highest BCUT2D eigenvalue weighted by atomic mass is 15.7. The normalized spacial score (nSPS) is 16.7. The number of para-hydroxylation sites is 1. The van der Waals surface area contributed by atoms with Crippen molar-refractivity contribution in [3.8, 4) is 0 Å². The molecule has 1 aromatic carbocycles. The van der Waals surface area contributed by atoms with E-state index in [2.05, 4.69) is 15.8 Å². The summed E-state index contributed by atoms with van der Waals surface area (Å²) in [5, 5.41) is 3.92. The van der Waals surface area contributed by atoms with Crippen LogP contribution in [0, 0.1) is 0 Å². The predicted octanol–water partition coefficient (Wildman–Crippen LogP) is 0.709. The van der Waals surface area contributed by atoms with Crippen molar-refractivity contribution in [2.24, 2.45) is 4.99 Å². The Hall–Kier alpha value is -1.59. The molecule has 0 amide bonds. The van der Waals surface area contributed by atoms with Crippen LogP contribution in [-0.4, -0.2) is 36.7 Å². The summed E-state index contributed by atoms with van der Waals surface area (Å²) in [6.07, 6.45) is 1.79. The van der Waals surface area contributed by atoms with Crippen molar-refractivity contribution in [3.05, 3.63) is 30.3 Å². The van der Waals surface area contributed by atoms with Crippen LogP contribution in [0.4, 0.5) is 5.69 Å². The van der Waals surface area contributed by atoms with Gasteiger partial charge in [-0.05, 0) is 12.1 Å². The lowest BCUT2D eigenvalue weighted by Crippen LogP contribution is -2.48. The van der Waals surface area contributed by atoms with Crippen LogP contribution in [-0.2, 0) is 0 Å². The van der Waals surface area contributed by atoms with Gasteiger partial charge >= 0.3 is 0 Å². The SMILES string of the molecule is CNN1C=NCN(Nc2ccccc2)C1. The van der Waals surface area contributed by atoms with E-state index in [1.165, 1.54) is 0 Å². The molecule has 1 aromatic rings. The minimum absolute atomic E-state index is 0.660. The molecule has 2 rings (SSSR count). The predicted molar refractivity (Wildman–Crippen MR) is 61.0 cm³/mol. The number of nitrogens with one attached hydrogen (secondary N) is 2. The zero-order valence-electron chi connectivity index (χ0n) is 8.72. The van der Waals surface area contributed by atoms with Gasteiger partial charge in [-0.2, -0.15) is 5.01 Å². The molecule has 15 heavy (non-hydrogen) atoms. The third-order valence-corrected chi connectivity index (χ3v) is 2.14. The van der Waals surface area contributed by atoms with Crippen molar-refractivity contribution in [2.75, 3.05) is 25.8 Å². The van der Waals surface area contributed by atoms with E-state index in [0.29, 0.717) is 6.67 Å². The van der Waals surface area contributed by atoms with Crippen LogP contribution in [0.3, 0.4) is 0 Å². The van der Waals surface area contributed by atoms with Gasteiger partial charge in [0.05, 0.1) is 0 Å². The Morgan fingerprint density at radius 1 is 1.27 bits per heavy atom. The zero-order chi connectivity index (χ0) is 10.5. The molecule has 80 valence electrons. The minimum Gasteiger partial charge on any atom is -0.315 e. The molecule has 0 fully saturated rings. The first-order valence-corrected chi connectivity index (χ1v) is 4.89. The maximum Gasteiger partial charge on any atom is 0.112 e. The van der Waals surface area contributed by atoms with E-state index in [-0.39, 0.29) is 0 Å². The molecule has 0 saturated carbocycles. The molecule has 0 radical (unpaired) electrons. The molecule has 5 heteroatoms. The second-order valence-electron chi connectivity index (χ2n) is 3.29. The summed E-state index contributed by atoms with van der Waals surface area (Å²) in [5.74, 6) is 0. The van der Waals surface area contributed by atoms with E-state index in [9.17, 15) is 0 Å². The molecule has 0 spiro atoms. The van der Waals surface area contributed by atoms with Gasteiger partial charge in [-0.3, -0.25) is 10.0 Å². The zero-order valence-corrected chi connectivity index (χ0v) is 8.72. The summed E-state index contributed by atoms with van der Waals surface area (Å²) in [7, 11) is 1.87. The van der Waals surface area contributed by atoms with Gasteiger partial charge in [0, 0.05) is 12.7 Å². The Morgan fingerprint density at radius 2 is 2.07 bits per heavy atom. The summed E-state index contributed by atoms with van der Waals surface area (Å²) in [5.41, 5.74) is 7.38. The van der Waals surface area contributed by atoms with Gasteiger partial charge in [0.25, 0.3) is 0 Å². The summed E-state index contributed by atoms with van der Waals surface area (Å²) in [6.45, 7) is 1.42. The highest BCUT2D eigenvalue weighted by Gasteiger charge is 2.11. The molecule has 2 N–H and O–H groups in total. The molecule has 0 bridgehead atoms. The van der Waals surface area contributed by atoms with E-state index in [4.69, 9.17) is 0 Å². The number of anilines is 1. The third kappa shape index (κ3) is 2.68. The van der Waals surface area contributed by atoms with E-state index in [0.717, 1.165) is 12.4 Å². The van der Waals surface area contributed by atoms with Crippen molar-refractivity contribution >= 4 is 12.0 Å². The third-order valence-electron chi connectivity index (χ3n) is 2.14. The Balaban J connectivity index is 1.93. The molecule has 1 aliphatic rings. The number of hydrogen-bond acceptors (Lipinski definition) is 5. The fourth-order valence-corrected chi connectivity index (χ4v) is 1.39. The van der Waals surface area contributed by atoms with Crippen LogP contribution < -0.4 is 10.9 Å². The van der Waals surface area contributed by atoms with Gasteiger partial charge in [0.1, 0.15) is 19.7 Å². The molecule has 0 saturated heterocycles. The van der Waals surface area contributed by atoms with Gasteiger partial charge in [-0.1, -0.05) is 18.2 Å². The van der Waals surface area contributed by atoms with E-state index in [1.54, 1.807) is 6.34 Å². The topological polar surface area (TPSA) is 42.9 Å². The molecule has 5 nitrogen and oxygen atoms in total. The summed E-state index contributed by atoms with van der Waals surface area (Å²) >= 11 is 0. The molecule has 0 aliphatic carbocycles. The van der Waals surface area contributed by atoms with Gasteiger partial charge in [-0.15, -0.1) is 0 Å². The lowest BCUT2D eigenvalue weighted by Gasteiger charge is -2.31. The minimum atomic E-state index is 0.660. The Morgan fingerprint density at radius 3 is 2.80 bits per heavy atom. The van der Waals surface area contributed by atoms with E-state index in [1.807, 2.05) is 47.4 Å². The molecular formula is C10H15N5. The van der Waals surface area contributed by atoms with Gasteiger partial charge in [0.2, 0.25) is 0 Å². The average molecular weight is 205 g/mol. The maximum atomic E-state index is 4.21. The largest absolute Gasteiger partial charge is 0.315 e. The smallest absolute Gasteiger partial charge is 0.112 e. The van der Waals surface area contributed by atoms with Crippen LogP contribution in [0.1, 0.15) is 0 Å². The fourth-order valence-electron chi connectivity index (χ4n) is 1.39. The molecule has 0 aromatic heterocycles. The quantitative estimate of drug-likeness (QED) is 0.762. The van der Waals surface area contributed by atoms with Gasteiger partial charge < -0.3 is 5.43 Å². The Bertz CT molecular complexity index is 324. The summed E-state index contributed by atoms with van der Waals surface area (Å²) in [6, 6.07) is 10.1. The summed E-state index contributed by atoms with van der Waals surface area (Å²) in [4.78, 5) is 4.21. The van der Waals surface area contributed by atoms with Crippen molar-refractivity contribution in [1.29, 1.82) is 0 Å². The Kier molecular flexibility index (Phi) is 3.16. The van der Waals surface area contributed by atoms with Crippen LogP contribution in [0.5, 0.6) is 0 Å². The van der Waals surface area contributed by atoms with Crippen molar-refractivity contribution in [3.63, 3.8) is 0 Å². The first-order chi connectivity index (χ1) is 7.38. The van der Waals surface area contributed by atoms with Crippen molar-refractivity contribution < 1.29 is 0 Å². The highest BCUT2D eigenvalue weighted by Crippen LogP contribution is 2.07. The van der Waals surface area contributed by atoms with Crippen LogP contribution >= 0.6 is 0 Å². The van der Waals surface area contributed by atoms with E-state index >= 15 is 0 Å². The average Bonchev–Trinajstić information content (AvgIpc) is 2.31. The molecule has 1 heterocycles. The highest BCUT2D eigenvalue weighted by molar-refractivity contribution is 5.55. The monoisotopic (exact) mass is 205 g/mol. The van der Waals surface area contributed by atoms with Crippen LogP contribution in [0.2, 0.25) is 0 Å². The lowest BCUT2D eigenvalue weighted by molar-refractivity contribution is 0.177. The number of benzene rings is 1. The van der Waals surface area contributed by atoms with Crippen molar-refractivity contribution in [1.82, 2.24) is 15.4 Å². The number of nitrogens with zero attached hydrogens (tertiary/aromatic N) is 3. The second kappa shape index (κ2) is 4.77. The fraction of sp³-hybridized carbons (Fsp3) is 0.300. The standard InChI is InChI=1S/C10H15N5/c1-11-14-7-12-8-15(9-14)13-10-5-3-2-4-6-10/h2-7,11,13H,8-9H2,1H3. The molecular weight excluding hydrogens is 190 g/mol. The number of rotatable bonds is 3. The first-order valence-electron chi connectivity index (χ1n) is 4.89. The van der Waals surface area contributed by atoms with E-state index < -0.39 is 0 Å². The molecule has 0 unspecified atom stereocenters. The van der Waals surface area contributed by atoms with Crippen molar-refractivity contribution in [2.45, 2.75) is 0 Å². The molecule has 0 atom stereocenters. The maximum absolute atomic E-state index is 4.21. The number of hydrazine groups is 2. The summed E-state index contributed by atoms with van der Waals surface area (Å²) < 4.78 is 0. The van der Waals surface area contributed by atoms with Gasteiger partial charge in [-0.25, -0.2) is 5.43 Å². The van der Waals surface area contributed by atoms with Gasteiger partial charge in [0.15, 0.2) is 0 Å². The first kappa shape index (κ1) is 9.95. The van der Waals surface area contributed by atoms with Crippen LogP contribution in [0.15, 0.2) is 35.3 Å². The molecule has 1 aliphatic heterocycles. The number of aliphatic imine (C=N–C) groups is 1. The Labute approximate surface area is 89.3 Å². The van der Waals surface area contributed by atoms with Crippen LogP contribution in [0.25, 0.3) is 0 Å². The number of hydrogen-bond donors (Lipinski definition) is 2. The second-order valence-corrected chi connectivity index (χ2v) is 3.29.